The molecule has 0 amide bonds. The number of H-pyrrole nitrogens is 1. The molecule has 1 aromatic carbocycles. The number of nitrogens with zero attached hydrogens (tertiary/aromatic N) is 4. The molecule has 0 radical (unpaired) electrons. The predicted molar refractivity (Wildman–Crippen MR) is 123 cm³/mol. The summed E-state index contributed by atoms with van der Waals surface area (Å²) in [5, 5.41) is 16.9. The molecule has 0 aliphatic rings. The van der Waals surface area contributed by atoms with Crippen LogP contribution in [0.3, 0.4) is 0 Å². The van der Waals surface area contributed by atoms with Gasteiger partial charge in [0.1, 0.15) is 11.6 Å². The van der Waals surface area contributed by atoms with Crippen molar-refractivity contribution in [3.8, 4) is 17.1 Å². The third kappa shape index (κ3) is 6.16. The van der Waals surface area contributed by atoms with E-state index in [0.29, 0.717) is 18.3 Å². The van der Waals surface area contributed by atoms with Crippen LogP contribution >= 0.6 is 35.3 Å². The minimum atomic E-state index is 0. The van der Waals surface area contributed by atoms with Crippen molar-refractivity contribution in [2.24, 2.45) is 4.99 Å². The van der Waals surface area contributed by atoms with Crippen molar-refractivity contribution in [3.63, 3.8) is 0 Å². The Kier molecular flexibility index (Phi) is 8.64. The quantitative estimate of drug-likeness (QED) is 0.255. The largest absolute Gasteiger partial charge is 0.497 e. The van der Waals surface area contributed by atoms with Gasteiger partial charge in [-0.15, -0.1) is 35.3 Å². The van der Waals surface area contributed by atoms with Gasteiger partial charge in [-0.3, -0.25) is 10.1 Å². The van der Waals surface area contributed by atoms with E-state index in [4.69, 9.17) is 4.74 Å². The highest BCUT2D eigenvalue weighted by Crippen LogP contribution is 2.18. The molecule has 10 heteroatoms. The number of methoxy groups -OCH3 is 1. The zero-order chi connectivity index (χ0) is 19.1. The fourth-order valence-electron chi connectivity index (χ4n) is 2.46. The van der Waals surface area contributed by atoms with Gasteiger partial charge in [0.25, 0.3) is 0 Å². The summed E-state index contributed by atoms with van der Waals surface area (Å²) in [7, 11) is 3.38. The first-order chi connectivity index (χ1) is 13.2. The molecule has 3 N–H and O–H groups in total. The highest BCUT2D eigenvalue weighted by atomic mass is 127. The highest BCUT2D eigenvalue weighted by Gasteiger charge is 2.07. The van der Waals surface area contributed by atoms with Crippen LogP contribution in [0.4, 0.5) is 0 Å². The van der Waals surface area contributed by atoms with Crippen LogP contribution in [0.2, 0.25) is 0 Å². The summed E-state index contributed by atoms with van der Waals surface area (Å²) in [6, 6.07) is 7.64. The van der Waals surface area contributed by atoms with E-state index in [0.717, 1.165) is 40.8 Å². The van der Waals surface area contributed by atoms with E-state index in [1.165, 1.54) is 0 Å². The Morgan fingerprint density at radius 1 is 1.21 bits per heavy atom. The lowest BCUT2D eigenvalue weighted by atomic mass is 10.2. The number of ether oxygens (including phenoxy) is 1. The average molecular weight is 513 g/mol. The van der Waals surface area contributed by atoms with E-state index in [9.17, 15) is 0 Å². The van der Waals surface area contributed by atoms with E-state index in [1.54, 1.807) is 25.5 Å². The molecule has 3 aromatic rings. The molecule has 150 valence electrons. The molecule has 0 fully saturated rings. The number of hydrogen-bond acceptors (Lipinski definition) is 6. The van der Waals surface area contributed by atoms with Crippen molar-refractivity contribution >= 4 is 41.3 Å². The smallest absolute Gasteiger partial charge is 0.191 e. The molecule has 2 aromatic heterocycles. The highest BCUT2D eigenvalue weighted by molar-refractivity contribution is 14.0. The average Bonchev–Trinajstić information content (AvgIpc) is 3.33. The summed E-state index contributed by atoms with van der Waals surface area (Å²) in [5.41, 5.74) is 2.03. The second kappa shape index (κ2) is 11.0. The number of aliphatic imine (C=N–C) groups is 1. The summed E-state index contributed by atoms with van der Waals surface area (Å²) < 4.78 is 5.17. The SMILES string of the molecule is CN=C(NCCc1csc(C)n1)NCc1nc(-c2ccc(OC)cc2)n[nH]1.I. The summed E-state index contributed by atoms with van der Waals surface area (Å²) in [4.78, 5) is 13.2. The number of aryl methyl sites for hydroxylation is 1. The number of thiazole rings is 1. The topological polar surface area (TPSA) is 100 Å². The molecule has 0 unspecified atom stereocenters. The van der Waals surface area contributed by atoms with Crippen LogP contribution in [-0.4, -0.2) is 46.8 Å². The van der Waals surface area contributed by atoms with E-state index >= 15 is 0 Å². The first kappa shape index (κ1) is 22.1. The summed E-state index contributed by atoms with van der Waals surface area (Å²) in [5.74, 6) is 2.90. The van der Waals surface area contributed by atoms with Gasteiger partial charge < -0.3 is 15.4 Å². The fourth-order valence-corrected chi connectivity index (χ4v) is 3.11. The Morgan fingerprint density at radius 2 is 2.00 bits per heavy atom. The second-order valence-corrected chi connectivity index (χ2v) is 6.86. The zero-order valence-electron chi connectivity index (χ0n) is 16.0. The number of rotatable bonds is 7. The van der Waals surface area contributed by atoms with Crippen LogP contribution in [0.25, 0.3) is 11.4 Å². The molecule has 0 atom stereocenters. The van der Waals surface area contributed by atoms with Crippen LogP contribution in [0.5, 0.6) is 5.75 Å². The molecule has 0 aliphatic carbocycles. The van der Waals surface area contributed by atoms with Gasteiger partial charge in [0, 0.05) is 31.0 Å². The van der Waals surface area contributed by atoms with Gasteiger partial charge in [-0.2, -0.15) is 5.10 Å². The van der Waals surface area contributed by atoms with E-state index in [2.05, 4.69) is 41.2 Å². The molecule has 0 spiro atoms. The lowest BCUT2D eigenvalue weighted by Crippen LogP contribution is -2.38. The van der Waals surface area contributed by atoms with Gasteiger partial charge in [0.15, 0.2) is 11.8 Å². The maximum Gasteiger partial charge on any atom is 0.191 e. The third-order valence-electron chi connectivity index (χ3n) is 3.87. The number of aromatic amines is 1. The maximum absolute atomic E-state index is 5.17. The monoisotopic (exact) mass is 513 g/mol. The Morgan fingerprint density at radius 3 is 2.64 bits per heavy atom. The van der Waals surface area contributed by atoms with E-state index < -0.39 is 0 Å². The minimum Gasteiger partial charge on any atom is -0.497 e. The summed E-state index contributed by atoms with van der Waals surface area (Å²) >= 11 is 1.67. The summed E-state index contributed by atoms with van der Waals surface area (Å²) in [6.45, 7) is 3.27. The number of halogens is 1. The van der Waals surface area contributed by atoms with Gasteiger partial charge in [0.05, 0.1) is 24.4 Å². The molecule has 3 rings (SSSR count). The van der Waals surface area contributed by atoms with Gasteiger partial charge in [-0.1, -0.05) is 0 Å². The van der Waals surface area contributed by atoms with E-state index in [1.807, 2.05) is 31.2 Å². The molecule has 2 heterocycles. The van der Waals surface area contributed by atoms with Crippen molar-refractivity contribution in [2.75, 3.05) is 20.7 Å². The van der Waals surface area contributed by atoms with Crippen LogP contribution in [0, 0.1) is 6.92 Å². The Hall–Kier alpha value is -2.21. The number of hydrogen-bond donors (Lipinski definition) is 3. The number of guanidine groups is 1. The maximum atomic E-state index is 5.17. The Labute approximate surface area is 185 Å². The zero-order valence-corrected chi connectivity index (χ0v) is 19.2. The predicted octanol–water partition coefficient (Wildman–Crippen LogP) is 2.77. The molecular formula is C18H24IN7OS. The van der Waals surface area contributed by atoms with Crippen LogP contribution in [0.1, 0.15) is 16.5 Å². The van der Waals surface area contributed by atoms with Crippen molar-refractivity contribution in [1.29, 1.82) is 0 Å². The normalized spacial score (nSPS) is 11.0. The van der Waals surface area contributed by atoms with Gasteiger partial charge in [-0.25, -0.2) is 9.97 Å². The number of benzene rings is 1. The van der Waals surface area contributed by atoms with Crippen molar-refractivity contribution in [2.45, 2.75) is 19.9 Å². The van der Waals surface area contributed by atoms with Crippen LogP contribution in [-0.2, 0) is 13.0 Å². The van der Waals surface area contributed by atoms with Crippen molar-refractivity contribution in [1.82, 2.24) is 30.8 Å². The second-order valence-electron chi connectivity index (χ2n) is 5.79. The molecule has 0 aliphatic heterocycles. The Balaban J connectivity index is 0.00000280. The lowest BCUT2D eigenvalue weighted by Gasteiger charge is -2.09. The molecule has 0 saturated carbocycles. The molecule has 0 bridgehead atoms. The Bertz CT molecular complexity index is 891. The lowest BCUT2D eigenvalue weighted by molar-refractivity contribution is 0.415. The number of nitrogens with one attached hydrogen (secondary N) is 3. The molecule has 8 nitrogen and oxygen atoms in total. The molecule has 28 heavy (non-hydrogen) atoms. The molecule has 0 saturated heterocycles. The van der Waals surface area contributed by atoms with Crippen LogP contribution < -0.4 is 15.4 Å². The van der Waals surface area contributed by atoms with Crippen LogP contribution in [0.15, 0.2) is 34.6 Å². The van der Waals surface area contributed by atoms with Gasteiger partial charge in [0.2, 0.25) is 0 Å². The number of aromatic nitrogens is 4. The fraction of sp³-hybridized carbons (Fsp3) is 0.333. The van der Waals surface area contributed by atoms with Crippen molar-refractivity contribution in [3.05, 3.63) is 46.2 Å². The van der Waals surface area contributed by atoms with Gasteiger partial charge >= 0.3 is 0 Å². The minimum absolute atomic E-state index is 0. The first-order valence-corrected chi connectivity index (χ1v) is 9.47. The third-order valence-corrected chi connectivity index (χ3v) is 4.69. The molecular weight excluding hydrogens is 489 g/mol. The standard InChI is InChI=1S/C18H23N7OS.HI/c1-12-22-14(11-27-12)8-9-20-18(19-2)21-10-16-23-17(25-24-16)13-4-6-15(26-3)7-5-13;/h4-7,11H,8-10H2,1-3H3,(H2,19,20,21)(H,23,24,25);1H. The van der Waals surface area contributed by atoms with Gasteiger partial charge in [-0.05, 0) is 31.2 Å². The summed E-state index contributed by atoms with van der Waals surface area (Å²) in [6.07, 6.45) is 0.856. The van der Waals surface area contributed by atoms with Crippen molar-refractivity contribution < 1.29 is 4.74 Å². The first-order valence-electron chi connectivity index (χ1n) is 8.59. The van der Waals surface area contributed by atoms with E-state index in [-0.39, 0.29) is 24.0 Å².